The van der Waals surface area contributed by atoms with Gasteiger partial charge in [-0.05, 0) is 61.6 Å². The van der Waals surface area contributed by atoms with E-state index in [2.05, 4.69) is 30.0 Å². The van der Waals surface area contributed by atoms with E-state index in [1.54, 1.807) is 24.3 Å². The second-order valence-electron chi connectivity index (χ2n) is 8.13. The number of nitrogens with zero attached hydrogens (tertiary/aromatic N) is 2. The highest BCUT2D eigenvalue weighted by Gasteiger charge is 2.29. The maximum atomic E-state index is 12.8. The average molecular weight is 392 g/mol. The van der Waals surface area contributed by atoms with Crippen LogP contribution in [0.4, 0.5) is 0 Å². The molecule has 29 heavy (non-hydrogen) atoms. The lowest BCUT2D eigenvalue weighted by molar-refractivity contribution is -0.131. The first-order valence-electron chi connectivity index (χ1n) is 10.4. The van der Waals surface area contributed by atoms with Crippen molar-refractivity contribution in [1.29, 1.82) is 0 Å². The molecule has 2 heterocycles. The summed E-state index contributed by atoms with van der Waals surface area (Å²) in [6, 6.07) is 14.2. The van der Waals surface area contributed by atoms with E-state index >= 15 is 0 Å². The van der Waals surface area contributed by atoms with Gasteiger partial charge < -0.3 is 9.64 Å². The number of aryl methyl sites for hydroxylation is 1. The molecule has 0 spiro atoms. The Morgan fingerprint density at radius 1 is 0.966 bits per heavy atom. The van der Waals surface area contributed by atoms with Crippen molar-refractivity contribution in [3.05, 3.63) is 64.7 Å². The third kappa shape index (κ3) is 4.51. The van der Waals surface area contributed by atoms with Crippen molar-refractivity contribution in [2.75, 3.05) is 19.6 Å². The van der Waals surface area contributed by atoms with Crippen LogP contribution in [0.5, 0.6) is 5.75 Å². The molecule has 2 aromatic carbocycles. The smallest absolute Gasteiger partial charge is 0.308 e. The number of carbonyl (C=O) groups is 2. The van der Waals surface area contributed by atoms with Crippen LogP contribution >= 0.6 is 0 Å². The van der Waals surface area contributed by atoms with Gasteiger partial charge in [0.1, 0.15) is 5.75 Å². The number of fused-ring (bicyclic) bond motifs is 1. The Bertz CT molecular complexity index is 899. The lowest BCUT2D eigenvalue weighted by atomic mass is 9.94. The van der Waals surface area contributed by atoms with E-state index in [1.165, 1.54) is 23.6 Å². The number of carbonyl (C=O) groups excluding carboxylic acids is 2. The van der Waals surface area contributed by atoms with Crippen molar-refractivity contribution in [1.82, 2.24) is 9.80 Å². The fourth-order valence-electron chi connectivity index (χ4n) is 4.47. The number of likely N-dealkylation sites (tertiary alicyclic amines) is 1. The number of piperidine rings is 1. The van der Waals surface area contributed by atoms with Crippen molar-refractivity contribution >= 4 is 11.9 Å². The SMILES string of the molecule is CC(=O)Oc1ccc(C(=O)N2CCC(N3CCc4ccc(C)cc4C3)CC2)cc1. The highest BCUT2D eigenvalue weighted by molar-refractivity contribution is 5.94. The normalized spacial score (nSPS) is 17.7. The van der Waals surface area contributed by atoms with E-state index < -0.39 is 0 Å². The first kappa shape index (κ1) is 19.6. The minimum absolute atomic E-state index is 0.0532. The summed E-state index contributed by atoms with van der Waals surface area (Å²) in [5.41, 5.74) is 4.91. The lowest BCUT2D eigenvalue weighted by Gasteiger charge is -2.40. The van der Waals surface area contributed by atoms with Gasteiger partial charge in [0.15, 0.2) is 0 Å². The largest absolute Gasteiger partial charge is 0.427 e. The molecular weight excluding hydrogens is 364 g/mol. The predicted octanol–water partition coefficient (Wildman–Crippen LogP) is 3.58. The van der Waals surface area contributed by atoms with Crippen LogP contribution in [0.25, 0.3) is 0 Å². The highest BCUT2D eigenvalue weighted by Crippen LogP contribution is 2.26. The zero-order valence-electron chi connectivity index (χ0n) is 17.2. The summed E-state index contributed by atoms with van der Waals surface area (Å²) in [5, 5.41) is 0. The number of amides is 1. The van der Waals surface area contributed by atoms with Crippen LogP contribution < -0.4 is 4.74 Å². The molecule has 0 aliphatic carbocycles. The molecule has 2 aliphatic rings. The van der Waals surface area contributed by atoms with Gasteiger partial charge in [0.25, 0.3) is 5.91 Å². The van der Waals surface area contributed by atoms with Gasteiger partial charge >= 0.3 is 5.97 Å². The Hall–Kier alpha value is -2.66. The molecule has 0 unspecified atom stereocenters. The highest BCUT2D eigenvalue weighted by atomic mass is 16.5. The zero-order valence-corrected chi connectivity index (χ0v) is 17.2. The van der Waals surface area contributed by atoms with Gasteiger partial charge in [-0.15, -0.1) is 0 Å². The molecule has 2 aliphatic heterocycles. The molecule has 0 radical (unpaired) electrons. The molecule has 0 bridgehead atoms. The number of esters is 1. The van der Waals surface area contributed by atoms with Crippen molar-refractivity contribution in [2.45, 2.75) is 45.7 Å². The minimum Gasteiger partial charge on any atom is -0.427 e. The Morgan fingerprint density at radius 2 is 1.69 bits per heavy atom. The number of hydrogen-bond acceptors (Lipinski definition) is 4. The summed E-state index contributed by atoms with van der Waals surface area (Å²) >= 11 is 0. The summed E-state index contributed by atoms with van der Waals surface area (Å²) in [4.78, 5) is 28.4. The third-order valence-electron chi connectivity index (χ3n) is 6.03. The predicted molar refractivity (Wildman–Crippen MR) is 112 cm³/mol. The van der Waals surface area contributed by atoms with Crippen molar-refractivity contribution < 1.29 is 14.3 Å². The maximum Gasteiger partial charge on any atom is 0.308 e. The van der Waals surface area contributed by atoms with Crippen LogP contribution in [0, 0.1) is 6.92 Å². The molecular formula is C24H28N2O3. The molecule has 0 aromatic heterocycles. The Balaban J connectivity index is 1.33. The quantitative estimate of drug-likeness (QED) is 0.592. The summed E-state index contributed by atoms with van der Waals surface area (Å²) < 4.78 is 5.04. The second-order valence-corrected chi connectivity index (χ2v) is 8.13. The van der Waals surface area contributed by atoms with E-state index in [1.807, 2.05) is 4.90 Å². The van der Waals surface area contributed by atoms with Crippen LogP contribution in [0.15, 0.2) is 42.5 Å². The maximum absolute atomic E-state index is 12.8. The molecule has 5 heteroatoms. The van der Waals surface area contributed by atoms with Gasteiger partial charge in [-0.1, -0.05) is 23.8 Å². The van der Waals surface area contributed by atoms with Crippen LogP contribution in [-0.2, 0) is 17.8 Å². The molecule has 4 rings (SSSR count). The number of rotatable bonds is 3. The fourth-order valence-corrected chi connectivity index (χ4v) is 4.47. The van der Waals surface area contributed by atoms with E-state index in [9.17, 15) is 9.59 Å². The van der Waals surface area contributed by atoms with Crippen LogP contribution in [0.3, 0.4) is 0 Å². The summed E-state index contributed by atoms with van der Waals surface area (Å²) in [6.07, 6.45) is 3.14. The van der Waals surface area contributed by atoms with Crippen LogP contribution in [0.1, 0.15) is 46.8 Å². The van der Waals surface area contributed by atoms with Gasteiger partial charge in [-0.25, -0.2) is 0 Å². The Labute approximate surface area is 172 Å². The summed E-state index contributed by atoms with van der Waals surface area (Å²) in [6.45, 7) is 7.21. The summed E-state index contributed by atoms with van der Waals surface area (Å²) in [7, 11) is 0. The van der Waals surface area contributed by atoms with E-state index in [0.29, 0.717) is 17.4 Å². The van der Waals surface area contributed by atoms with Gasteiger partial charge in [0, 0.05) is 44.7 Å². The number of hydrogen-bond donors (Lipinski definition) is 0. The van der Waals surface area contributed by atoms with Gasteiger partial charge in [-0.3, -0.25) is 14.5 Å². The molecule has 1 fully saturated rings. The third-order valence-corrected chi connectivity index (χ3v) is 6.03. The van der Waals surface area contributed by atoms with Crippen LogP contribution in [0.2, 0.25) is 0 Å². The molecule has 5 nitrogen and oxygen atoms in total. The molecule has 0 saturated carbocycles. The first-order chi connectivity index (χ1) is 14.0. The molecule has 1 saturated heterocycles. The van der Waals surface area contributed by atoms with Gasteiger partial charge in [-0.2, -0.15) is 0 Å². The van der Waals surface area contributed by atoms with E-state index in [-0.39, 0.29) is 11.9 Å². The molecule has 2 aromatic rings. The van der Waals surface area contributed by atoms with Crippen molar-refractivity contribution in [2.24, 2.45) is 0 Å². The van der Waals surface area contributed by atoms with Crippen LogP contribution in [-0.4, -0.2) is 47.4 Å². The molecule has 1 amide bonds. The molecule has 0 atom stereocenters. The number of ether oxygens (including phenoxy) is 1. The fraction of sp³-hybridized carbons (Fsp3) is 0.417. The van der Waals surface area contributed by atoms with Crippen molar-refractivity contribution in [3.8, 4) is 5.75 Å². The van der Waals surface area contributed by atoms with E-state index in [0.717, 1.165) is 45.4 Å². The topological polar surface area (TPSA) is 49.9 Å². The zero-order chi connectivity index (χ0) is 20.4. The average Bonchev–Trinajstić information content (AvgIpc) is 2.73. The first-order valence-corrected chi connectivity index (χ1v) is 10.4. The molecule has 152 valence electrons. The summed E-state index contributed by atoms with van der Waals surface area (Å²) in [5.74, 6) is 0.160. The minimum atomic E-state index is -0.360. The Kier molecular flexibility index (Phi) is 5.67. The lowest BCUT2D eigenvalue weighted by Crippen LogP contribution is -2.48. The van der Waals surface area contributed by atoms with Gasteiger partial charge in [0.05, 0.1) is 0 Å². The number of benzene rings is 2. The van der Waals surface area contributed by atoms with Gasteiger partial charge in [0.2, 0.25) is 0 Å². The van der Waals surface area contributed by atoms with E-state index in [4.69, 9.17) is 4.74 Å². The standard InChI is InChI=1S/C24H28N2O3/c1-17-3-4-19-9-12-26(16-21(19)15-17)22-10-13-25(14-11-22)24(28)20-5-7-23(8-6-20)29-18(2)27/h3-8,15,22H,9-14,16H2,1-2H3. The monoisotopic (exact) mass is 392 g/mol. The Morgan fingerprint density at radius 3 is 2.38 bits per heavy atom. The van der Waals surface area contributed by atoms with Crippen molar-refractivity contribution in [3.63, 3.8) is 0 Å². The molecule has 0 N–H and O–H groups in total. The second kappa shape index (κ2) is 8.37.